The summed E-state index contributed by atoms with van der Waals surface area (Å²) in [6.45, 7) is 3.55. The Morgan fingerprint density at radius 2 is 2.07 bits per heavy atom. The van der Waals surface area contributed by atoms with E-state index in [0.29, 0.717) is 0 Å². The average Bonchev–Trinajstić information content (AvgIpc) is 3.07. The summed E-state index contributed by atoms with van der Waals surface area (Å²) in [6.07, 6.45) is 2.71. The van der Waals surface area contributed by atoms with Gasteiger partial charge in [0.15, 0.2) is 0 Å². The monoisotopic (exact) mass is 203 g/mol. The zero-order chi connectivity index (χ0) is 10.7. The lowest BCUT2D eigenvalue weighted by atomic mass is 9.98. The van der Waals surface area contributed by atoms with Crippen molar-refractivity contribution < 1.29 is 0 Å². The van der Waals surface area contributed by atoms with E-state index < -0.39 is 0 Å². The van der Waals surface area contributed by atoms with Crippen molar-refractivity contribution in [1.29, 1.82) is 0 Å². The van der Waals surface area contributed by atoms with E-state index in [1.165, 1.54) is 12.8 Å². The first-order chi connectivity index (χ1) is 7.33. The molecule has 1 aromatic carbocycles. The first-order valence-corrected chi connectivity index (χ1v) is 6.02. The third kappa shape index (κ3) is 2.60. The molecular formula is C14H21N. The molecule has 0 bridgehead atoms. The van der Waals surface area contributed by atoms with Crippen molar-refractivity contribution in [1.82, 2.24) is 5.32 Å². The molecule has 3 atom stereocenters. The first-order valence-electron chi connectivity index (χ1n) is 6.02. The Kier molecular flexibility index (Phi) is 3.42. The SMILES string of the molecule is CNCCC(C)C1CC1c1ccccc1. The molecule has 1 N–H and O–H groups in total. The molecule has 3 unspecified atom stereocenters. The Morgan fingerprint density at radius 1 is 1.33 bits per heavy atom. The van der Waals surface area contributed by atoms with Crippen molar-refractivity contribution in [3.63, 3.8) is 0 Å². The van der Waals surface area contributed by atoms with Crippen molar-refractivity contribution >= 4 is 0 Å². The van der Waals surface area contributed by atoms with Gasteiger partial charge in [-0.2, -0.15) is 0 Å². The van der Waals surface area contributed by atoms with Crippen LogP contribution in [-0.2, 0) is 0 Å². The van der Waals surface area contributed by atoms with Gasteiger partial charge in [-0.15, -0.1) is 0 Å². The number of benzene rings is 1. The number of nitrogens with one attached hydrogen (secondary N) is 1. The first kappa shape index (κ1) is 10.7. The fourth-order valence-electron chi connectivity index (χ4n) is 2.51. The van der Waals surface area contributed by atoms with E-state index in [2.05, 4.69) is 42.6 Å². The average molecular weight is 203 g/mol. The second-order valence-corrected chi connectivity index (χ2v) is 4.79. The van der Waals surface area contributed by atoms with Crippen LogP contribution in [0.4, 0.5) is 0 Å². The molecular weight excluding hydrogens is 182 g/mol. The fourth-order valence-corrected chi connectivity index (χ4v) is 2.51. The van der Waals surface area contributed by atoms with Crippen molar-refractivity contribution in [2.24, 2.45) is 11.8 Å². The van der Waals surface area contributed by atoms with Gasteiger partial charge < -0.3 is 5.32 Å². The lowest BCUT2D eigenvalue weighted by Crippen LogP contribution is -2.12. The summed E-state index contributed by atoms with van der Waals surface area (Å²) in [5, 5.41) is 3.24. The molecule has 1 aliphatic carbocycles. The molecule has 0 aromatic heterocycles. The van der Waals surface area contributed by atoms with Gasteiger partial charge >= 0.3 is 0 Å². The zero-order valence-corrected chi connectivity index (χ0v) is 9.74. The van der Waals surface area contributed by atoms with Crippen molar-refractivity contribution in [2.75, 3.05) is 13.6 Å². The highest BCUT2D eigenvalue weighted by Crippen LogP contribution is 2.52. The fraction of sp³-hybridized carbons (Fsp3) is 0.571. The molecule has 1 aromatic rings. The predicted octanol–water partition coefficient (Wildman–Crippen LogP) is 3.04. The Bertz CT molecular complexity index is 293. The lowest BCUT2D eigenvalue weighted by Gasteiger charge is -2.10. The van der Waals surface area contributed by atoms with Gasteiger partial charge in [0.25, 0.3) is 0 Å². The van der Waals surface area contributed by atoms with Gasteiger partial charge in [-0.3, -0.25) is 0 Å². The van der Waals surface area contributed by atoms with Crippen LogP contribution in [0.3, 0.4) is 0 Å². The second kappa shape index (κ2) is 4.80. The van der Waals surface area contributed by atoms with Crippen LogP contribution in [0, 0.1) is 11.8 Å². The Balaban J connectivity index is 1.85. The van der Waals surface area contributed by atoms with Gasteiger partial charge in [0.1, 0.15) is 0 Å². The summed E-state index contributed by atoms with van der Waals surface area (Å²) in [6, 6.07) is 11.0. The lowest BCUT2D eigenvalue weighted by molar-refractivity contribution is 0.452. The van der Waals surface area contributed by atoms with Crippen LogP contribution in [0.2, 0.25) is 0 Å². The molecule has 1 heteroatoms. The molecule has 82 valence electrons. The standard InChI is InChI=1S/C14H21N/c1-11(8-9-15-2)13-10-14(13)12-6-4-3-5-7-12/h3-7,11,13-15H,8-10H2,1-2H3. The zero-order valence-electron chi connectivity index (χ0n) is 9.74. The minimum atomic E-state index is 0.845. The van der Waals surface area contributed by atoms with Crippen LogP contribution >= 0.6 is 0 Å². The van der Waals surface area contributed by atoms with Crippen LogP contribution in [0.5, 0.6) is 0 Å². The third-order valence-electron chi connectivity index (χ3n) is 3.65. The van der Waals surface area contributed by atoms with E-state index in [4.69, 9.17) is 0 Å². The van der Waals surface area contributed by atoms with Crippen LogP contribution in [0.15, 0.2) is 30.3 Å². The Morgan fingerprint density at radius 3 is 2.73 bits per heavy atom. The quantitative estimate of drug-likeness (QED) is 0.775. The van der Waals surface area contributed by atoms with Crippen molar-refractivity contribution in [3.05, 3.63) is 35.9 Å². The highest BCUT2D eigenvalue weighted by molar-refractivity contribution is 5.25. The van der Waals surface area contributed by atoms with E-state index in [0.717, 1.165) is 24.3 Å². The van der Waals surface area contributed by atoms with E-state index >= 15 is 0 Å². The van der Waals surface area contributed by atoms with Gasteiger partial charge in [-0.1, -0.05) is 37.3 Å². The molecule has 1 saturated carbocycles. The molecule has 0 radical (unpaired) electrons. The summed E-state index contributed by atoms with van der Waals surface area (Å²) < 4.78 is 0. The molecule has 1 aliphatic rings. The number of hydrogen-bond acceptors (Lipinski definition) is 1. The van der Waals surface area contributed by atoms with Crippen LogP contribution in [0.25, 0.3) is 0 Å². The van der Waals surface area contributed by atoms with Crippen LogP contribution in [-0.4, -0.2) is 13.6 Å². The maximum Gasteiger partial charge on any atom is -0.00493 e. The molecule has 0 aliphatic heterocycles. The summed E-state index contributed by atoms with van der Waals surface area (Å²) >= 11 is 0. The van der Waals surface area contributed by atoms with Crippen LogP contribution < -0.4 is 5.32 Å². The third-order valence-corrected chi connectivity index (χ3v) is 3.65. The normalized spacial score (nSPS) is 26.3. The summed E-state index contributed by atoms with van der Waals surface area (Å²) in [7, 11) is 2.04. The van der Waals surface area contributed by atoms with Gasteiger partial charge in [-0.05, 0) is 49.8 Å². The Labute approximate surface area is 92.9 Å². The van der Waals surface area contributed by atoms with Crippen molar-refractivity contribution in [3.8, 4) is 0 Å². The molecule has 1 fully saturated rings. The molecule has 0 saturated heterocycles. The van der Waals surface area contributed by atoms with Gasteiger partial charge in [0, 0.05) is 0 Å². The van der Waals surface area contributed by atoms with Gasteiger partial charge in [0.2, 0.25) is 0 Å². The highest BCUT2D eigenvalue weighted by Gasteiger charge is 2.41. The second-order valence-electron chi connectivity index (χ2n) is 4.79. The van der Waals surface area contributed by atoms with Crippen LogP contribution in [0.1, 0.15) is 31.2 Å². The Hall–Kier alpha value is -0.820. The van der Waals surface area contributed by atoms with Crippen molar-refractivity contribution in [2.45, 2.75) is 25.7 Å². The van der Waals surface area contributed by atoms with Gasteiger partial charge in [0.05, 0.1) is 0 Å². The largest absolute Gasteiger partial charge is 0.320 e. The predicted molar refractivity (Wildman–Crippen MR) is 65.0 cm³/mol. The molecule has 15 heavy (non-hydrogen) atoms. The van der Waals surface area contributed by atoms with E-state index in [9.17, 15) is 0 Å². The minimum absolute atomic E-state index is 0.845. The number of rotatable bonds is 5. The molecule has 2 rings (SSSR count). The molecule has 1 nitrogen and oxygen atoms in total. The topological polar surface area (TPSA) is 12.0 Å². The number of hydrogen-bond donors (Lipinski definition) is 1. The summed E-state index contributed by atoms with van der Waals surface area (Å²) in [4.78, 5) is 0. The summed E-state index contributed by atoms with van der Waals surface area (Å²) in [5.41, 5.74) is 1.54. The van der Waals surface area contributed by atoms with E-state index in [1.54, 1.807) is 5.56 Å². The summed E-state index contributed by atoms with van der Waals surface area (Å²) in [5.74, 6) is 2.64. The molecule has 0 spiro atoms. The van der Waals surface area contributed by atoms with E-state index in [1.807, 2.05) is 7.05 Å². The smallest absolute Gasteiger partial charge is 0.00493 e. The van der Waals surface area contributed by atoms with Gasteiger partial charge in [-0.25, -0.2) is 0 Å². The maximum atomic E-state index is 3.24. The molecule has 0 amide bonds. The maximum absolute atomic E-state index is 3.24. The molecule has 0 heterocycles. The van der Waals surface area contributed by atoms with E-state index in [-0.39, 0.29) is 0 Å². The highest BCUT2D eigenvalue weighted by atomic mass is 14.8. The minimum Gasteiger partial charge on any atom is -0.320 e.